The summed E-state index contributed by atoms with van der Waals surface area (Å²) in [6.07, 6.45) is -0.224. The van der Waals surface area contributed by atoms with Crippen LogP contribution >= 0.6 is 11.6 Å². The second-order valence-electron chi connectivity index (χ2n) is 2.99. The molecule has 0 saturated carbocycles. The lowest BCUT2D eigenvalue weighted by Crippen LogP contribution is -1.98. The topological polar surface area (TPSA) is 63.3 Å². The number of carbonyl (C=O) groups is 1. The van der Waals surface area contributed by atoms with E-state index >= 15 is 0 Å². The summed E-state index contributed by atoms with van der Waals surface area (Å²) in [4.78, 5) is 14.3. The molecule has 72 valence electrons. The maximum atomic E-state index is 10.4. The van der Waals surface area contributed by atoms with Crippen LogP contribution in [-0.4, -0.2) is 16.1 Å². The van der Waals surface area contributed by atoms with Crippen LogP contribution in [0.1, 0.15) is 31.4 Å². The fourth-order valence-corrected chi connectivity index (χ4v) is 1.03. The van der Waals surface area contributed by atoms with E-state index in [2.05, 4.69) is 4.98 Å². The summed E-state index contributed by atoms with van der Waals surface area (Å²) >= 11 is 5.66. The first-order valence-electron chi connectivity index (χ1n) is 3.87. The van der Waals surface area contributed by atoms with E-state index in [0.29, 0.717) is 5.89 Å². The maximum absolute atomic E-state index is 10.4. The van der Waals surface area contributed by atoms with Crippen molar-refractivity contribution >= 4 is 17.6 Å². The molecule has 0 amide bonds. The Morgan fingerprint density at radius 1 is 1.69 bits per heavy atom. The molecule has 0 aromatic carbocycles. The fourth-order valence-electron chi connectivity index (χ4n) is 0.844. The highest BCUT2D eigenvalue weighted by Crippen LogP contribution is 2.22. The minimum Gasteiger partial charge on any atom is -0.481 e. The average molecular weight is 204 g/mol. The first-order valence-corrected chi connectivity index (χ1v) is 4.25. The second kappa shape index (κ2) is 3.79. The van der Waals surface area contributed by atoms with Crippen molar-refractivity contribution in [3.05, 3.63) is 16.8 Å². The molecule has 0 unspecified atom stereocenters. The maximum Gasteiger partial charge on any atom is 0.311 e. The molecule has 0 spiro atoms. The molecular weight excluding hydrogens is 194 g/mol. The molecule has 0 aliphatic carbocycles. The average Bonchev–Trinajstić information content (AvgIpc) is 2.31. The van der Waals surface area contributed by atoms with Crippen molar-refractivity contribution in [2.24, 2.45) is 0 Å². The number of carboxylic acid groups (broad SMARTS) is 1. The highest BCUT2D eigenvalue weighted by atomic mass is 35.5. The number of oxazole rings is 1. The van der Waals surface area contributed by atoms with E-state index in [4.69, 9.17) is 21.1 Å². The van der Waals surface area contributed by atoms with Gasteiger partial charge in [0, 0.05) is 5.92 Å². The Balaban J connectivity index is 2.89. The van der Waals surface area contributed by atoms with E-state index in [1.807, 2.05) is 13.8 Å². The molecule has 1 aromatic rings. The molecule has 1 heterocycles. The standard InChI is InChI=1S/C8H10ClNO3/c1-4(2)8-10-7(9)5(13-8)3-6(11)12/h4H,3H2,1-2H3,(H,11,12). The van der Waals surface area contributed by atoms with Crippen LogP contribution < -0.4 is 0 Å². The zero-order chi connectivity index (χ0) is 10.0. The number of aliphatic carboxylic acids is 1. The summed E-state index contributed by atoms with van der Waals surface area (Å²) in [6.45, 7) is 3.79. The number of rotatable bonds is 3. The summed E-state index contributed by atoms with van der Waals surface area (Å²) in [7, 11) is 0. The third-order valence-electron chi connectivity index (χ3n) is 1.47. The molecule has 4 nitrogen and oxygen atoms in total. The Morgan fingerprint density at radius 3 is 2.69 bits per heavy atom. The Hall–Kier alpha value is -1.03. The Labute approximate surface area is 80.5 Å². The summed E-state index contributed by atoms with van der Waals surface area (Å²) in [5.74, 6) is -0.174. The highest BCUT2D eigenvalue weighted by Gasteiger charge is 2.15. The smallest absolute Gasteiger partial charge is 0.311 e. The van der Waals surface area contributed by atoms with E-state index in [1.54, 1.807) is 0 Å². The molecule has 5 heteroatoms. The van der Waals surface area contributed by atoms with Crippen molar-refractivity contribution in [1.29, 1.82) is 0 Å². The zero-order valence-electron chi connectivity index (χ0n) is 7.37. The first kappa shape index (κ1) is 10.1. The number of hydrogen-bond donors (Lipinski definition) is 1. The monoisotopic (exact) mass is 203 g/mol. The molecule has 0 aliphatic heterocycles. The van der Waals surface area contributed by atoms with Gasteiger partial charge in [0.25, 0.3) is 0 Å². The van der Waals surface area contributed by atoms with Gasteiger partial charge in [0.05, 0.1) is 0 Å². The molecule has 0 fully saturated rings. The molecule has 0 aliphatic rings. The minimum absolute atomic E-state index is 0.111. The third-order valence-corrected chi connectivity index (χ3v) is 1.77. The lowest BCUT2D eigenvalue weighted by atomic mass is 10.2. The molecule has 1 rings (SSSR count). The number of halogens is 1. The van der Waals surface area contributed by atoms with Gasteiger partial charge in [-0.25, -0.2) is 4.98 Å². The Bertz CT molecular complexity index is 319. The predicted octanol–water partition coefficient (Wildman–Crippen LogP) is 2.08. The van der Waals surface area contributed by atoms with Crippen LogP contribution in [0.4, 0.5) is 0 Å². The predicted molar refractivity (Wildman–Crippen MR) is 46.9 cm³/mol. The van der Waals surface area contributed by atoms with Gasteiger partial charge in [0.2, 0.25) is 0 Å². The van der Waals surface area contributed by atoms with E-state index < -0.39 is 5.97 Å². The summed E-state index contributed by atoms with van der Waals surface area (Å²) in [6, 6.07) is 0. The van der Waals surface area contributed by atoms with E-state index in [9.17, 15) is 4.79 Å². The van der Waals surface area contributed by atoms with Gasteiger partial charge in [0.1, 0.15) is 6.42 Å². The molecule has 0 bridgehead atoms. The van der Waals surface area contributed by atoms with Gasteiger partial charge in [-0.1, -0.05) is 25.4 Å². The van der Waals surface area contributed by atoms with Gasteiger partial charge in [0.15, 0.2) is 16.8 Å². The van der Waals surface area contributed by atoms with Crippen LogP contribution in [0.3, 0.4) is 0 Å². The molecule has 1 aromatic heterocycles. The van der Waals surface area contributed by atoms with Crippen molar-refractivity contribution in [2.45, 2.75) is 26.2 Å². The van der Waals surface area contributed by atoms with Crippen LogP contribution in [0, 0.1) is 0 Å². The van der Waals surface area contributed by atoms with Crippen molar-refractivity contribution in [2.75, 3.05) is 0 Å². The Kier molecular flexibility index (Phi) is 2.93. The largest absolute Gasteiger partial charge is 0.481 e. The molecule has 1 N–H and O–H groups in total. The van der Waals surface area contributed by atoms with Gasteiger partial charge in [-0.15, -0.1) is 0 Å². The van der Waals surface area contributed by atoms with Crippen molar-refractivity contribution in [1.82, 2.24) is 4.98 Å². The van der Waals surface area contributed by atoms with E-state index in [0.717, 1.165) is 0 Å². The van der Waals surface area contributed by atoms with Crippen molar-refractivity contribution in [3.63, 3.8) is 0 Å². The van der Waals surface area contributed by atoms with Gasteiger partial charge in [-0.2, -0.15) is 0 Å². The third kappa shape index (κ3) is 2.45. The van der Waals surface area contributed by atoms with Crippen LogP contribution in [0.2, 0.25) is 5.15 Å². The fraction of sp³-hybridized carbons (Fsp3) is 0.500. The van der Waals surface area contributed by atoms with Crippen molar-refractivity contribution in [3.8, 4) is 0 Å². The number of hydrogen-bond acceptors (Lipinski definition) is 3. The molecule has 13 heavy (non-hydrogen) atoms. The minimum atomic E-state index is -0.978. The van der Waals surface area contributed by atoms with Gasteiger partial charge < -0.3 is 9.52 Å². The van der Waals surface area contributed by atoms with Crippen LogP contribution in [-0.2, 0) is 11.2 Å². The van der Waals surface area contributed by atoms with Gasteiger partial charge >= 0.3 is 5.97 Å². The Morgan fingerprint density at radius 2 is 2.31 bits per heavy atom. The molecule has 0 saturated heterocycles. The van der Waals surface area contributed by atoms with Crippen LogP contribution in [0.25, 0.3) is 0 Å². The summed E-state index contributed by atoms with van der Waals surface area (Å²) in [5.41, 5.74) is 0. The zero-order valence-corrected chi connectivity index (χ0v) is 8.13. The molecule has 0 atom stereocenters. The summed E-state index contributed by atoms with van der Waals surface area (Å²) in [5, 5.41) is 8.64. The SMILES string of the molecule is CC(C)c1nc(Cl)c(CC(=O)O)o1. The van der Waals surface area contributed by atoms with Gasteiger partial charge in [-0.3, -0.25) is 4.79 Å². The van der Waals surface area contributed by atoms with E-state index in [-0.39, 0.29) is 23.3 Å². The van der Waals surface area contributed by atoms with Crippen molar-refractivity contribution < 1.29 is 14.3 Å². The normalized spacial score (nSPS) is 10.8. The number of nitrogens with zero attached hydrogens (tertiary/aromatic N) is 1. The second-order valence-corrected chi connectivity index (χ2v) is 3.35. The molecular formula is C8H10ClNO3. The first-order chi connectivity index (χ1) is 6.00. The molecule has 0 radical (unpaired) electrons. The highest BCUT2D eigenvalue weighted by molar-refractivity contribution is 6.30. The lowest BCUT2D eigenvalue weighted by Gasteiger charge is -1.94. The summed E-state index contributed by atoms with van der Waals surface area (Å²) < 4.78 is 5.16. The van der Waals surface area contributed by atoms with Gasteiger partial charge in [-0.05, 0) is 0 Å². The lowest BCUT2D eigenvalue weighted by molar-refractivity contribution is -0.136. The number of aromatic nitrogens is 1. The van der Waals surface area contributed by atoms with E-state index in [1.165, 1.54) is 0 Å². The number of carboxylic acids is 1. The van der Waals surface area contributed by atoms with Crippen LogP contribution in [0.15, 0.2) is 4.42 Å². The quantitative estimate of drug-likeness (QED) is 0.817. The van der Waals surface area contributed by atoms with Crippen LogP contribution in [0.5, 0.6) is 0 Å².